The molecule has 0 bridgehead atoms. The van der Waals surface area contributed by atoms with Crippen LogP contribution in [0.5, 0.6) is 0 Å². The standard InChI is InChI=1S/C14H10FN3O2S2/c15-10-5-1-2-7-13(10)22(19,20)18-14-17-12(9-21-14)11-6-3-4-8-16-11/h1-9H,(H,17,18). The molecule has 0 aliphatic heterocycles. The van der Waals surface area contributed by atoms with Gasteiger partial charge in [0.15, 0.2) is 5.13 Å². The van der Waals surface area contributed by atoms with Crippen LogP contribution in [0.4, 0.5) is 9.52 Å². The summed E-state index contributed by atoms with van der Waals surface area (Å²) in [4.78, 5) is 7.89. The van der Waals surface area contributed by atoms with E-state index in [4.69, 9.17) is 0 Å². The third kappa shape index (κ3) is 2.97. The highest BCUT2D eigenvalue weighted by Gasteiger charge is 2.20. The second kappa shape index (κ2) is 5.82. The molecule has 0 saturated carbocycles. The van der Waals surface area contributed by atoms with Gasteiger partial charge in [0.2, 0.25) is 0 Å². The molecule has 0 aliphatic rings. The summed E-state index contributed by atoms with van der Waals surface area (Å²) in [5, 5.41) is 1.84. The molecule has 5 nitrogen and oxygen atoms in total. The molecule has 0 aliphatic carbocycles. The van der Waals surface area contributed by atoms with E-state index < -0.39 is 20.7 Å². The molecule has 1 N–H and O–H groups in total. The fourth-order valence-electron chi connectivity index (χ4n) is 1.79. The predicted molar refractivity (Wildman–Crippen MR) is 82.6 cm³/mol. The van der Waals surface area contributed by atoms with Crippen molar-refractivity contribution in [3.8, 4) is 11.4 Å². The number of hydrogen-bond donors (Lipinski definition) is 1. The third-order valence-electron chi connectivity index (χ3n) is 2.78. The second-order valence-electron chi connectivity index (χ2n) is 4.29. The maximum atomic E-state index is 13.6. The van der Waals surface area contributed by atoms with E-state index in [1.807, 2.05) is 6.07 Å². The molecule has 2 heterocycles. The Balaban J connectivity index is 1.88. The van der Waals surface area contributed by atoms with Gasteiger partial charge in [0.25, 0.3) is 10.0 Å². The molecular weight excluding hydrogens is 325 g/mol. The molecule has 3 rings (SSSR count). The maximum absolute atomic E-state index is 13.6. The minimum atomic E-state index is -4.01. The van der Waals surface area contributed by atoms with Crippen molar-refractivity contribution in [2.24, 2.45) is 0 Å². The van der Waals surface area contributed by atoms with E-state index in [-0.39, 0.29) is 5.13 Å². The van der Waals surface area contributed by atoms with Crippen molar-refractivity contribution >= 4 is 26.5 Å². The van der Waals surface area contributed by atoms with Gasteiger partial charge < -0.3 is 0 Å². The Bertz CT molecular complexity index is 895. The number of hydrogen-bond acceptors (Lipinski definition) is 5. The first-order valence-electron chi connectivity index (χ1n) is 6.20. The fraction of sp³-hybridized carbons (Fsp3) is 0. The highest BCUT2D eigenvalue weighted by Crippen LogP contribution is 2.25. The van der Waals surface area contributed by atoms with E-state index in [2.05, 4.69) is 14.7 Å². The number of nitrogens with one attached hydrogen (secondary N) is 1. The topological polar surface area (TPSA) is 72.0 Å². The van der Waals surface area contributed by atoms with E-state index in [1.54, 1.807) is 23.7 Å². The zero-order valence-corrected chi connectivity index (χ0v) is 12.7. The average molecular weight is 335 g/mol. The summed E-state index contributed by atoms with van der Waals surface area (Å²) < 4.78 is 40.2. The third-order valence-corrected chi connectivity index (χ3v) is 5.04. The Morgan fingerprint density at radius 3 is 2.55 bits per heavy atom. The molecule has 0 unspecified atom stereocenters. The van der Waals surface area contributed by atoms with E-state index in [0.29, 0.717) is 11.4 Å². The number of aromatic nitrogens is 2. The molecule has 0 saturated heterocycles. The predicted octanol–water partition coefficient (Wildman–Crippen LogP) is 3.15. The van der Waals surface area contributed by atoms with Crippen LogP contribution in [0.25, 0.3) is 11.4 Å². The van der Waals surface area contributed by atoms with Crippen molar-refractivity contribution in [3.63, 3.8) is 0 Å². The van der Waals surface area contributed by atoms with Crippen molar-refractivity contribution in [2.45, 2.75) is 4.90 Å². The lowest BCUT2D eigenvalue weighted by Gasteiger charge is -2.05. The highest BCUT2D eigenvalue weighted by molar-refractivity contribution is 7.93. The van der Waals surface area contributed by atoms with Crippen molar-refractivity contribution in [1.82, 2.24) is 9.97 Å². The average Bonchev–Trinajstić information content (AvgIpc) is 2.96. The molecule has 0 fully saturated rings. The number of anilines is 1. The molecule has 0 atom stereocenters. The lowest BCUT2D eigenvalue weighted by atomic mass is 10.3. The van der Waals surface area contributed by atoms with E-state index in [1.165, 1.54) is 18.2 Å². The molecule has 2 aromatic heterocycles. The SMILES string of the molecule is O=S(=O)(Nc1nc(-c2ccccn2)cs1)c1ccccc1F. The first-order chi connectivity index (χ1) is 10.6. The van der Waals surface area contributed by atoms with Gasteiger partial charge in [-0.1, -0.05) is 18.2 Å². The monoisotopic (exact) mass is 335 g/mol. The maximum Gasteiger partial charge on any atom is 0.266 e. The lowest BCUT2D eigenvalue weighted by Crippen LogP contribution is -2.14. The number of pyridine rings is 1. The lowest BCUT2D eigenvalue weighted by molar-refractivity contribution is 0.570. The summed E-state index contributed by atoms with van der Waals surface area (Å²) in [5.74, 6) is -0.809. The van der Waals surface area contributed by atoms with Gasteiger partial charge in [0.05, 0.1) is 5.69 Å². The largest absolute Gasteiger partial charge is 0.266 e. The Morgan fingerprint density at radius 1 is 1.05 bits per heavy atom. The van der Waals surface area contributed by atoms with Crippen molar-refractivity contribution in [3.05, 3.63) is 59.9 Å². The summed E-state index contributed by atoms with van der Waals surface area (Å²) in [6.45, 7) is 0. The Kier molecular flexibility index (Phi) is 3.86. The Morgan fingerprint density at radius 2 is 1.82 bits per heavy atom. The van der Waals surface area contributed by atoms with Crippen molar-refractivity contribution in [2.75, 3.05) is 4.72 Å². The van der Waals surface area contributed by atoms with Gasteiger partial charge in [-0.15, -0.1) is 11.3 Å². The van der Waals surface area contributed by atoms with Crippen LogP contribution in [0.3, 0.4) is 0 Å². The first kappa shape index (κ1) is 14.6. The van der Waals surface area contributed by atoms with E-state index in [0.717, 1.165) is 17.4 Å². The summed E-state index contributed by atoms with van der Waals surface area (Å²) >= 11 is 1.11. The minimum Gasteiger partial charge on any atom is -0.255 e. The minimum absolute atomic E-state index is 0.156. The van der Waals surface area contributed by atoms with Gasteiger partial charge in [-0.05, 0) is 24.3 Å². The van der Waals surface area contributed by atoms with Crippen LogP contribution in [0.1, 0.15) is 0 Å². The zero-order chi connectivity index (χ0) is 15.6. The normalized spacial score (nSPS) is 11.3. The molecule has 0 radical (unpaired) electrons. The zero-order valence-electron chi connectivity index (χ0n) is 11.1. The van der Waals surface area contributed by atoms with E-state index >= 15 is 0 Å². The van der Waals surface area contributed by atoms with Gasteiger partial charge in [-0.25, -0.2) is 17.8 Å². The summed E-state index contributed by atoms with van der Waals surface area (Å²) in [5.41, 5.74) is 1.19. The smallest absolute Gasteiger partial charge is 0.255 e. The van der Waals surface area contributed by atoms with Gasteiger partial charge in [-0.3, -0.25) is 9.71 Å². The van der Waals surface area contributed by atoms with Crippen LogP contribution in [-0.2, 0) is 10.0 Å². The van der Waals surface area contributed by atoms with Crippen LogP contribution in [-0.4, -0.2) is 18.4 Å². The Hall–Kier alpha value is -2.32. The molecule has 22 heavy (non-hydrogen) atoms. The quantitative estimate of drug-likeness (QED) is 0.795. The van der Waals surface area contributed by atoms with Crippen LogP contribution in [0.15, 0.2) is 58.9 Å². The number of benzene rings is 1. The molecule has 0 amide bonds. The molecule has 3 aromatic rings. The number of halogens is 1. The van der Waals surface area contributed by atoms with Crippen LogP contribution in [0, 0.1) is 5.82 Å². The van der Waals surface area contributed by atoms with Crippen LogP contribution in [0.2, 0.25) is 0 Å². The van der Waals surface area contributed by atoms with Crippen molar-refractivity contribution in [1.29, 1.82) is 0 Å². The fourth-order valence-corrected chi connectivity index (χ4v) is 3.82. The van der Waals surface area contributed by atoms with Crippen LogP contribution < -0.4 is 4.72 Å². The number of rotatable bonds is 4. The van der Waals surface area contributed by atoms with Gasteiger partial charge in [0.1, 0.15) is 16.4 Å². The second-order valence-corrected chi connectivity index (χ2v) is 6.80. The van der Waals surface area contributed by atoms with Gasteiger partial charge >= 0.3 is 0 Å². The number of sulfonamides is 1. The molecule has 8 heteroatoms. The molecule has 112 valence electrons. The molecular formula is C14H10FN3O2S2. The molecule has 1 aromatic carbocycles. The number of thiazole rings is 1. The van der Waals surface area contributed by atoms with E-state index in [9.17, 15) is 12.8 Å². The Labute approximate surface area is 130 Å². The summed E-state index contributed by atoms with van der Waals surface area (Å²) in [6.07, 6.45) is 1.62. The summed E-state index contributed by atoms with van der Waals surface area (Å²) in [7, 11) is -4.01. The first-order valence-corrected chi connectivity index (χ1v) is 8.57. The highest BCUT2D eigenvalue weighted by atomic mass is 32.2. The number of nitrogens with zero attached hydrogens (tertiary/aromatic N) is 2. The molecule has 0 spiro atoms. The van der Waals surface area contributed by atoms with Gasteiger partial charge in [0, 0.05) is 11.6 Å². The van der Waals surface area contributed by atoms with Crippen LogP contribution >= 0.6 is 11.3 Å². The summed E-state index contributed by atoms with van der Waals surface area (Å²) in [6, 6.07) is 10.5. The van der Waals surface area contributed by atoms with Crippen molar-refractivity contribution < 1.29 is 12.8 Å². The van der Waals surface area contributed by atoms with Gasteiger partial charge in [-0.2, -0.15) is 0 Å².